The molecular weight excluding hydrogens is 228 g/mol. The van der Waals surface area contributed by atoms with Gasteiger partial charge in [-0.25, -0.2) is 4.98 Å². The fourth-order valence-corrected chi connectivity index (χ4v) is 1.96. The lowest BCUT2D eigenvalue weighted by atomic mass is 10.1. The second-order valence-corrected chi connectivity index (χ2v) is 4.15. The number of amides is 2. The molecule has 88 valence electrons. The first-order valence-electron chi connectivity index (χ1n) is 5.63. The van der Waals surface area contributed by atoms with Gasteiger partial charge in [-0.2, -0.15) is 0 Å². The number of nitrogens with one attached hydrogen (secondary N) is 1. The minimum absolute atomic E-state index is 0.132. The third-order valence-corrected chi connectivity index (χ3v) is 2.84. The van der Waals surface area contributed by atoms with Gasteiger partial charge in [-0.1, -0.05) is 24.3 Å². The van der Waals surface area contributed by atoms with E-state index < -0.39 is 0 Å². The molecule has 1 aromatic heterocycles. The zero-order valence-corrected chi connectivity index (χ0v) is 9.51. The van der Waals surface area contributed by atoms with Crippen molar-refractivity contribution in [3.63, 3.8) is 0 Å². The average Bonchev–Trinajstić information content (AvgIpc) is 2.68. The van der Waals surface area contributed by atoms with Gasteiger partial charge in [0.15, 0.2) is 0 Å². The number of fused-ring (bicyclic) bond motifs is 1. The van der Waals surface area contributed by atoms with Gasteiger partial charge in [0.2, 0.25) is 5.91 Å². The van der Waals surface area contributed by atoms with E-state index in [-0.39, 0.29) is 18.2 Å². The number of aromatic nitrogens is 1. The number of rotatable bonds is 1. The van der Waals surface area contributed by atoms with E-state index in [2.05, 4.69) is 10.3 Å². The monoisotopic (exact) mass is 238 g/mol. The highest BCUT2D eigenvalue weighted by atomic mass is 16.2. The number of pyridine rings is 1. The fraction of sp³-hybridized carbons (Fsp3) is 0.0714. The first-order chi connectivity index (χ1) is 8.72. The molecular formula is C14H10N2O2. The third-order valence-electron chi connectivity index (χ3n) is 2.84. The topological polar surface area (TPSA) is 59.1 Å². The molecule has 1 fully saturated rings. The number of para-hydroxylation sites is 1. The Morgan fingerprint density at radius 3 is 2.72 bits per heavy atom. The van der Waals surface area contributed by atoms with Gasteiger partial charge in [0.1, 0.15) is 0 Å². The number of carbonyl (C=O) groups excluding carboxylic acids is 2. The standard InChI is InChI=1S/C14H10N2O2/c17-13-8-10(14(18)16-13)7-11-6-5-9-3-1-2-4-12(9)15-11/h1-7H,8H2,(H,16,17,18). The summed E-state index contributed by atoms with van der Waals surface area (Å²) in [5.74, 6) is -0.581. The van der Waals surface area contributed by atoms with Gasteiger partial charge in [-0.15, -0.1) is 0 Å². The summed E-state index contributed by atoms with van der Waals surface area (Å²) in [6.07, 6.45) is 1.79. The Kier molecular flexibility index (Phi) is 2.41. The normalized spacial score (nSPS) is 17.4. The Bertz CT molecular complexity index is 689. The smallest absolute Gasteiger partial charge is 0.254 e. The maximum atomic E-state index is 11.4. The molecule has 0 unspecified atom stereocenters. The first kappa shape index (κ1) is 10.7. The lowest BCUT2D eigenvalue weighted by molar-refractivity contribution is -0.124. The molecule has 1 aromatic carbocycles. The number of nitrogens with zero attached hydrogens (tertiary/aromatic N) is 1. The molecule has 0 saturated carbocycles. The van der Waals surface area contributed by atoms with Crippen LogP contribution >= 0.6 is 0 Å². The molecule has 0 aliphatic carbocycles. The summed E-state index contributed by atoms with van der Waals surface area (Å²) >= 11 is 0. The molecule has 4 nitrogen and oxygen atoms in total. The van der Waals surface area contributed by atoms with E-state index in [0.29, 0.717) is 11.3 Å². The molecule has 1 N–H and O–H groups in total. The van der Waals surface area contributed by atoms with Crippen LogP contribution in [0.25, 0.3) is 17.0 Å². The highest BCUT2D eigenvalue weighted by Gasteiger charge is 2.23. The zero-order valence-electron chi connectivity index (χ0n) is 9.51. The summed E-state index contributed by atoms with van der Waals surface area (Å²) in [6, 6.07) is 11.5. The van der Waals surface area contributed by atoms with Crippen molar-refractivity contribution in [1.82, 2.24) is 10.3 Å². The van der Waals surface area contributed by atoms with Crippen molar-refractivity contribution in [1.29, 1.82) is 0 Å². The molecule has 2 amide bonds. The number of hydrogen-bond acceptors (Lipinski definition) is 3. The Labute approximate surface area is 103 Å². The molecule has 1 aliphatic heterocycles. The minimum Gasteiger partial charge on any atom is -0.292 e. The molecule has 18 heavy (non-hydrogen) atoms. The van der Waals surface area contributed by atoms with Crippen LogP contribution in [0.5, 0.6) is 0 Å². The van der Waals surface area contributed by atoms with Crippen molar-refractivity contribution >= 4 is 28.8 Å². The van der Waals surface area contributed by atoms with Gasteiger partial charge in [0.25, 0.3) is 5.91 Å². The predicted molar refractivity (Wildman–Crippen MR) is 67.5 cm³/mol. The molecule has 3 rings (SSSR count). The molecule has 2 heterocycles. The van der Waals surface area contributed by atoms with Crippen LogP contribution in [-0.4, -0.2) is 16.8 Å². The van der Waals surface area contributed by atoms with Crippen LogP contribution in [0.3, 0.4) is 0 Å². The summed E-state index contributed by atoms with van der Waals surface area (Å²) < 4.78 is 0. The Balaban J connectivity index is 2.02. The van der Waals surface area contributed by atoms with E-state index in [9.17, 15) is 9.59 Å². The van der Waals surface area contributed by atoms with Crippen molar-refractivity contribution in [2.75, 3.05) is 0 Å². The lowest BCUT2D eigenvalue weighted by Gasteiger charge is -1.99. The van der Waals surface area contributed by atoms with Gasteiger partial charge in [-0.3, -0.25) is 14.9 Å². The molecule has 0 bridgehead atoms. The maximum absolute atomic E-state index is 11.4. The first-order valence-corrected chi connectivity index (χ1v) is 5.63. The zero-order chi connectivity index (χ0) is 12.5. The Morgan fingerprint density at radius 2 is 1.94 bits per heavy atom. The van der Waals surface area contributed by atoms with Gasteiger partial charge in [-0.05, 0) is 18.2 Å². The molecule has 2 aromatic rings. The molecule has 4 heteroatoms. The fourth-order valence-electron chi connectivity index (χ4n) is 1.96. The number of carbonyl (C=O) groups is 2. The van der Waals surface area contributed by atoms with Crippen LogP contribution < -0.4 is 5.32 Å². The van der Waals surface area contributed by atoms with Crippen LogP contribution in [0, 0.1) is 0 Å². The van der Waals surface area contributed by atoms with E-state index in [0.717, 1.165) is 10.9 Å². The molecule has 0 atom stereocenters. The Hall–Kier alpha value is -2.49. The van der Waals surface area contributed by atoms with Crippen molar-refractivity contribution in [2.45, 2.75) is 6.42 Å². The molecule has 0 radical (unpaired) electrons. The van der Waals surface area contributed by atoms with Crippen LogP contribution in [0.15, 0.2) is 42.0 Å². The van der Waals surface area contributed by atoms with Crippen LogP contribution in [0.4, 0.5) is 0 Å². The highest BCUT2D eigenvalue weighted by molar-refractivity contribution is 6.15. The van der Waals surface area contributed by atoms with Gasteiger partial charge < -0.3 is 0 Å². The van der Waals surface area contributed by atoms with Gasteiger partial charge >= 0.3 is 0 Å². The van der Waals surface area contributed by atoms with E-state index in [1.54, 1.807) is 6.08 Å². The number of benzene rings is 1. The SMILES string of the molecule is O=C1CC(=Cc2ccc3ccccc3n2)C(=O)N1. The minimum atomic E-state index is -0.324. The van der Waals surface area contributed by atoms with Crippen molar-refractivity contribution in [3.05, 3.63) is 47.7 Å². The average molecular weight is 238 g/mol. The van der Waals surface area contributed by atoms with Crippen LogP contribution in [-0.2, 0) is 9.59 Å². The van der Waals surface area contributed by atoms with Crippen molar-refractivity contribution in [2.24, 2.45) is 0 Å². The van der Waals surface area contributed by atoms with E-state index >= 15 is 0 Å². The van der Waals surface area contributed by atoms with Crippen molar-refractivity contribution < 1.29 is 9.59 Å². The number of imide groups is 1. The lowest BCUT2D eigenvalue weighted by Crippen LogP contribution is -2.19. The second-order valence-electron chi connectivity index (χ2n) is 4.15. The van der Waals surface area contributed by atoms with E-state index in [4.69, 9.17) is 0 Å². The van der Waals surface area contributed by atoms with Crippen LogP contribution in [0.2, 0.25) is 0 Å². The van der Waals surface area contributed by atoms with Gasteiger partial charge in [0.05, 0.1) is 17.6 Å². The molecule has 1 saturated heterocycles. The van der Waals surface area contributed by atoms with Crippen LogP contribution in [0.1, 0.15) is 12.1 Å². The number of hydrogen-bond donors (Lipinski definition) is 1. The van der Waals surface area contributed by atoms with Gasteiger partial charge in [0, 0.05) is 11.0 Å². The molecule has 0 spiro atoms. The van der Waals surface area contributed by atoms with E-state index in [1.165, 1.54) is 0 Å². The summed E-state index contributed by atoms with van der Waals surface area (Å²) in [5, 5.41) is 3.30. The van der Waals surface area contributed by atoms with Crippen molar-refractivity contribution in [3.8, 4) is 0 Å². The predicted octanol–water partition coefficient (Wildman–Crippen LogP) is 1.66. The summed E-state index contributed by atoms with van der Waals surface area (Å²) in [5.41, 5.74) is 2.02. The molecule has 1 aliphatic rings. The summed E-state index contributed by atoms with van der Waals surface area (Å²) in [7, 11) is 0. The quantitative estimate of drug-likeness (QED) is 0.607. The Morgan fingerprint density at radius 1 is 1.11 bits per heavy atom. The second kappa shape index (κ2) is 4.07. The maximum Gasteiger partial charge on any atom is 0.254 e. The highest BCUT2D eigenvalue weighted by Crippen LogP contribution is 2.16. The third kappa shape index (κ3) is 1.88. The summed E-state index contributed by atoms with van der Waals surface area (Å²) in [4.78, 5) is 26.9. The largest absolute Gasteiger partial charge is 0.292 e. The van der Waals surface area contributed by atoms with E-state index in [1.807, 2.05) is 36.4 Å². The summed E-state index contributed by atoms with van der Waals surface area (Å²) in [6.45, 7) is 0.